The standard InChI is InChI=1S/C10H12ClNO/c11-9-4-8(5-12-6-9)10(13)3-7-1-2-7/h4-7,10,13H,1-3H2. The van der Waals surface area contributed by atoms with Crippen molar-refractivity contribution >= 4 is 11.6 Å². The van der Waals surface area contributed by atoms with Crippen LogP contribution in [0.25, 0.3) is 0 Å². The molecule has 2 nitrogen and oxygen atoms in total. The minimum Gasteiger partial charge on any atom is -0.388 e. The number of nitrogens with zero attached hydrogens (tertiary/aromatic N) is 1. The van der Waals surface area contributed by atoms with Crippen molar-refractivity contribution < 1.29 is 5.11 Å². The van der Waals surface area contributed by atoms with E-state index in [-0.39, 0.29) is 0 Å². The predicted octanol–water partition coefficient (Wildman–Crippen LogP) is 2.57. The fourth-order valence-electron chi connectivity index (χ4n) is 1.42. The average molecular weight is 198 g/mol. The minimum absolute atomic E-state index is 0.390. The lowest BCUT2D eigenvalue weighted by atomic mass is 10.1. The van der Waals surface area contributed by atoms with Gasteiger partial charge in [0.05, 0.1) is 11.1 Å². The molecule has 0 spiro atoms. The van der Waals surface area contributed by atoms with Gasteiger partial charge in [-0.2, -0.15) is 0 Å². The lowest BCUT2D eigenvalue weighted by molar-refractivity contribution is 0.160. The fourth-order valence-corrected chi connectivity index (χ4v) is 1.60. The van der Waals surface area contributed by atoms with E-state index < -0.39 is 6.10 Å². The first-order valence-corrected chi connectivity index (χ1v) is 4.92. The Labute approximate surface area is 82.6 Å². The Balaban J connectivity index is 2.04. The molecule has 1 N–H and O–H groups in total. The molecule has 0 radical (unpaired) electrons. The van der Waals surface area contributed by atoms with Crippen molar-refractivity contribution in [3.05, 3.63) is 29.0 Å². The molecule has 70 valence electrons. The molecule has 13 heavy (non-hydrogen) atoms. The summed E-state index contributed by atoms with van der Waals surface area (Å²) in [5.74, 6) is 0.717. The van der Waals surface area contributed by atoms with Gasteiger partial charge in [-0.05, 0) is 18.4 Å². The second-order valence-electron chi connectivity index (χ2n) is 3.63. The van der Waals surface area contributed by atoms with Gasteiger partial charge >= 0.3 is 0 Å². The van der Waals surface area contributed by atoms with Crippen LogP contribution in [0.5, 0.6) is 0 Å². The van der Waals surface area contributed by atoms with Crippen molar-refractivity contribution in [1.82, 2.24) is 4.98 Å². The van der Waals surface area contributed by atoms with Crippen LogP contribution in [0.15, 0.2) is 18.5 Å². The number of aliphatic hydroxyl groups is 1. The molecule has 1 aliphatic rings. The highest BCUT2D eigenvalue weighted by Gasteiger charge is 2.25. The van der Waals surface area contributed by atoms with Gasteiger partial charge in [0.15, 0.2) is 0 Å². The predicted molar refractivity (Wildman–Crippen MR) is 51.5 cm³/mol. The van der Waals surface area contributed by atoms with Crippen molar-refractivity contribution in [1.29, 1.82) is 0 Å². The maximum Gasteiger partial charge on any atom is 0.0808 e. The van der Waals surface area contributed by atoms with Gasteiger partial charge in [0.25, 0.3) is 0 Å². The van der Waals surface area contributed by atoms with Crippen molar-refractivity contribution in [2.75, 3.05) is 0 Å². The van der Waals surface area contributed by atoms with Gasteiger partial charge in [-0.3, -0.25) is 4.98 Å². The van der Waals surface area contributed by atoms with Crippen LogP contribution in [0.2, 0.25) is 5.02 Å². The van der Waals surface area contributed by atoms with Gasteiger partial charge in [-0.25, -0.2) is 0 Å². The van der Waals surface area contributed by atoms with Gasteiger partial charge in [-0.15, -0.1) is 0 Å². The summed E-state index contributed by atoms with van der Waals surface area (Å²) < 4.78 is 0. The lowest BCUT2D eigenvalue weighted by Gasteiger charge is -2.09. The molecule has 1 atom stereocenters. The largest absolute Gasteiger partial charge is 0.388 e. The van der Waals surface area contributed by atoms with Crippen LogP contribution in [0, 0.1) is 5.92 Å². The molecule has 1 aromatic heterocycles. The molecule has 0 bridgehead atoms. The number of halogens is 1. The Morgan fingerprint density at radius 2 is 2.31 bits per heavy atom. The molecule has 1 unspecified atom stereocenters. The topological polar surface area (TPSA) is 33.1 Å². The van der Waals surface area contributed by atoms with Crippen molar-refractivity contribution in [3.63, 3.8) is 0 Å². The van der Waals surface area contributed by atoms with Crippen LogP contribution in [0.4, 0.5) is 0 Å². The first-order chi connectivity index (χ1) is 6.25. The summed E-state index contributed by atoms with van der Waals surface area (Å²) in [7, 11) is 0. The van der Waals surface area contributed by atoms with Gasteiger partial charge in [0.2, 0.25) is 0 Å². The van der Waals surface area contributed by atoms with Crippen LogP contribution in [-0.4, -0.2) is 10.1 Å². The molecule has 1 aliphatic carbocycles. The number of aliphatic hydroxyl groups excluding tert-OH is 1. The van der Waals surface area contributed by atoms with Crippen LogP contribution < -0.4 is 0 Å². The second-order valence-corrected chi connectivity index (χ2v) is 4.07. The first kappa shape index (κ1) is 8.97. The Kier molecular flexibility index (Phi) is 2.51. The van der Waals surface area contributed by atoms with E-state index in [1.54, 1.807) is 18.5 Å². The zero-order chi connectivity index (χ0) is 9.26. The molecule has 1 saturated carbocycles. The fraction of sp³-hybridized carbons (Fsp3) is 0.500. The monoisotopic (exact) mass is 197 g/mol. The third kappa shape index (κ3) is 2.42. The molecule has 1 heterocycles. The third-order valence-corrected chi connectivity index (χ3v) is 2.57. The third-order valence-electron chi connectivity index (χ3n) is 2.36. The highest BCUT2D eigenvalue weighted by Crippen LogP contribution is 2.37. The summed E-state index contributed by atoms with van der Waals surface area (Å²) in [6, 6.07) is 1.78. The Morgan fingerprint density at radius 3 is 2.92 bits per heavy atom. The highest BCUT2D eigenvalue weighted by atomic mass is 35.5. The summed E-state index contributed by atoms with van der Waals surface area (Å²) in [5, 5.41) is 10.3. The van der Waals surface area contributed by atoms with Crippen LogP contribution in [-0.2, 0) is 0 Å². The van der Waals surface area contributed by atoms with E-state index >= 15 is 0 Å². The summed E-state index contributed by atoms with van der Waals surface area (Å²) >= 11 is 5.77. The summed E-state index contributed by atoms with van der Waals surface area (Å²) in [5.41, 5.74) is 0.833. The lowest BCUT2D eigenvalue weighted by Crippen LogP contribution is -1.98. The zero-order valence-corrected chi connectivity index (χ0v) is 8.04. The van der Waals surface area contributed by atoms with Gasteiger partial charge in [0.1, 0.15) is 0 Å². The first-order valence-electron chi connectivity index (χ1n) is 4.54. The molecule has 3 heteroatoms. The van der Waals surface area contributed by atoms with E-state index in [1.807, 2.05) is 0 Å². The minimum atomic E-state index is -0.390. The van der Waals surface area contributed by atoms with Gasteiger partial charge < -0.3 is 5.11 Å². The molecular formula is C10H12ClNO. The molecule has 2 rings (SSSR count). The van der Waals surface area contributed by atoms with Crippen LogP contribution >= 0.6 is 11.6 Å². The number of aromatic nitrogens is 1. The van der Waals surface area contributed by atoms with Gasteiger partial charge in [-0.1, -0.05) is 24.4 Å². The molecule has 0 aliphatic heterocycles. The van der Waals surface area contributed by atoms with Crippen molar-refractivity contribution in [2.24, 2.45) is 5.92 Å². The van der Waals surface area contributed by atoms with Gasteiger partial charge in [0, 0.05) is 18.0 Å². The number of rotatable bonds is 3. The van der Waals surface area contributed by atoms with E-state index in [0.29, 0.717) is 10.9 Å². The normalized spacial score (nSPS) is 18.6. The molecular weight excluding hydrogens is 186 g/mol. The smallest absolute Gasteiger partial charge is 0.0808 e. The Morgan fingerprint density at radius 1 is 1.54 bits per heavy atom. The molecule has 1 aromatic rings. The quantitative estimate of drug-likeness (QED) is 0.808. The SMILES string of the molecule is OC(CC1CC1)c1cncc(Cl)c1. The maximum atomic E-state index is 9.76. The summed E-state index contributed by atoms with van der Waals surface area (Å²) in [4.78, 5) is 3.94. The number of hydrogen-bond acceptors (Lipinski definition) is 2. The maximum absolute atomic E-state index is 9.76. The van der Waals surface area contributed by atoms with Crippen molar-refractivity contribution in [3.8, 4) is 0 Å². The van der Waals surface area contributed by atoms with E-state index in [2.05, 4.69) is 4.98 Å². The van der Waals surface area contributed by atoms with E-state index in [1.165, 1.54) is 12.8 Å². The summed E-state index contributed by atoms with van der Waals surface area (Å²) in [6.45, 7) is 0. The molecule has 0 amide bonds. The summed E-state index contributed by atoms with van der Waals surface area (Å²) in [6.07, 6.45) is 6.23. The highest BCUT2D eigenvalue weighted by molar-refractivity contribution is 6.30. The number of hydrogen-bond donors (Lipinski definition) is 1. The molecule has 0 saturated heterocycles. The number of pyridine rings is 1. The second kappa shape index (κ2) is 3.64. The van der Waals surface area contributed by atoms with E-state index in [9.17, 15) is 5.11 Å². The average Bonchev–Trinajstić information content (AvgIpc) is 2.88. The van der Waals surface area contributed by atoms with E-state index in [4.69, 9.17) is 11.6 Å². The van der Waals surface area contributed by atoms with Crippen molar-refractivity contribution in [2.45, 2.75) is 25.4 Å². The van der Waals surface area contributed by atoms with Crippen LogP contribution in [0.3, 0.4) is 0 Å². The zero-order valence-electron chi connectivity index (χ0n) is 7.28. The molecule has 1 fully saturated rings. The van der Waals surface area contributed by atoms with E-state index in [0.717, 1.165) is 12.0 Å². The molecule has 0 aromatic carbocycles. The Hall–Kier alpha value is -0.600. The Bertz CT molecular complexity index is 299. The van der Waals surface area contributed by atoms with Crippen LogP contribution in [0.1, 0.15) is 30.9 Å².